The second-order valence-corrected chi connectivity index (χ2v) is 3.50. The minimum absolute atomic E-state index is 0.657. The molecule has 0 aromatic carbocycles. The summed E-state index contributed by atoms with van der Waals surface area (Å²) in [6, 6.07) is 3.68. The average Bonchev–Trinajstić information content (AvgIpc) is 2.47. The van der Waals surface area contributed by atoms with E-state index in [9.17, 15) is 0 Å². The average molecular weight is 191 g/mol. The lowest BCUT2D eigenvalue weighted by Crippen LogP contribution is -2.11. The van der Waals surface area contributed by atoms with Crippen molar-refractivity contribution in [2.24, 2.45) is 0 Å². The van der Waals surface area contributed by atoms with Gasteiger partial charge in [-0.1, -0.05) is 0 Å². The van der Waals surface area contributed by atoms with E-state index < -0.39 is 0 Å². The Morgan fingerprint density at radius 2 is 2.29 bits per heavy atom. The molecule has 5 nitrogen and oxygen atoms in total. The summed E-state index contributed by atoms with van der Waals surface area (Å²) < 4.78 is 1.70. The van der Waals surface area contributed by atoms with Gasteiger partial charge < -0.3 is 10.6 Å². The van der Waals surface area contributed by atoms with Crippen LogP contribution in [0, 0.1) is 0 Å². The molecule has 5 heteroatoms. The zero-order chi connectivity index (χ0) is 10.1. The first-order chi connectivity index (χ1) is 6.66. The molecule has 0 bridgehead atoms. The van der Waals surface area contributed by atoms with Crippen molar-refractivity contribution in [3.05, 3.63) is 24.2 Å². The van der Waals surface area contributed by atoms with Gasteiger partial charge in [0, 0.05) is 6.20 Å². The number of fused-ring (bicyclic) bond motifs is 1. The van der Waals surface area contributed by atoms with E-state index in [-0.39, 0.29) is 0 Å². The number of nitrogens with zero attached hydrogens (tertiary/aromatic N) is 4. The lowest BCUT2D eigenvalue weighted by Gasteiger charge is -2.03. The van der Waals surface area contributed by atoms with Crippen LogP contribution in [0.1, 0.15) is 5.82 Å². The van der Waals surface area contributed by atoms with Crippen LogP contribution in [-0.4, -0.2) is 33.6 Å². The fourth-order valence-electron chi connectivity index (χ4n) is 1.32. The van der Waals surface area contributed by atoms with Crippen LogP contribution in [-0.2, 0) is 6.54 Å². The maximum absolute atomic E-state index is 5.76. The van der Waals surface area contributed by atoms with Gasteiger partial charge in [0.2, 0.25) is 0 Å². The largest absolute Gasteiger partial charge is 0.396 e. The third-order valence-electron chi connectivity index (χ3n) is 1.89. The molecule has 0 atom stereocenters. The van der Waals surface area contributed by atoms with Crippen LogP contribution in [0.15, 0.2) is 18.3 Å². The number of hydrogen-bond donors (Lipinski definition) is 1. The molecular weight excluding hydrogens is 178 g/mol. The second-order valence-electron chi connectivity index (χ2n) is 3.50. The standard InChI is InChI=1S/C9H13N5/c1-13(2)6-8-11-9-7(10)4-3-5-14(9)12-8/h3-5H,6,10H2,1-2H3. The third kappa shape index (κ3) is 1.54. The predicted octanol–water partition coefficient (Wildman–Crippen LogP) is 0.373. The molecule has 2 heterocycles. The minimum atomic E-state index is 0.657. The summed E-state index contributed by atoms with van der Waals surface area (Å²) in [5.41, 5.74) is 7.15. The highest BCUT2D eigenvalue weighted by atomic mass is 15.3. The monoisotopic (exact) mass is 191 g/mol. The molecule has 2 N–H and O–H groups in total. The van der Waals surface area contributed by atoms with Gasteiger partial charge in [-0.25, -0.2) is 9.50 Å². The van der Waals surface area contributed by atoms with Crippen molar-refractivity contribution in [3.8, 4) is 0 Å². The molecule has 0 saturated heterocycles. The Kier molecular flexibility index (Phi) is 2.09. The molecule has 0 aliphatic rings. The Bertz CT molecular complexity index is 445. The molecule has 0 aliphatic heterocycles. The van der Waals surface area contributed by atoms with E-state index in [0.717, 1.165) is 18.0 Å². The smallest absolute Gasteiger partial charge is 0.178 e. The summed E-state index contributed by atoms with van der Waals surface area (Å²) in [4.78, 5) is 6.36. The van der Waals surface area contributed by atoms with Crippen LogP contribution >= 0.6 is 0 Å². The lowest BCUT2D eigenvalue weighted by atomic mass is 10.4. The number of nitrogens with two attached hydrogens (primary N) is 1. The summed E-state index contributed by atoms with van der Waals surface area (Å²) >= 11 is 0. The zero-order valence-electron chi connectivity index (χ0n) is 8.31. The SMILES string of the molecule is CN(C)Cc1nc2c(N)cccn2n1. The van der Waals surface area contributed by atoms with Crippen molar-refractivity contribution < 1.29 is 0 Å². The van der Waals surface area contributed by atoms with Crippen molar-refractivity contribution in [2.45, 2.75) is 6.54 Å². The highest BCUT2D eigenvalue weighted by molar-refractivity contribution is 5.63. The molecule has 0 amide bonds. The fraction of sp³-hybridized carbons (Fsp3) is 0.333. The third-order valence-corrected chi connectivity index (χ3v) is 1.89. The van der Waals surface area contributed by atoms with Crippen LogP contribution < -0.4 is 5.73 Å². The minimum Gasteiger partial charge on any atom is -0.396 e. The zero-order valence-corrected chi connectivity index (χ0v) is 8.31. The molecule has 0 radical (unpaired) electrons. The van der Waals surface area contributed by atoms with Crippen molar-refractivity contribution in [2.75, 3.05) is 19.8 Å². The first-order valence-electron chi connectivity index (χ1n) is 4.41. The van der Waals surface area contributed by atoms with Gasteiger partial charge in [-0.3, -0.25) is 0 Å². The van der Waals surface area contributed by atoms with Crippen molar-refractivity contribution in [3.63, 3.8) is 0 Å². The summed E-state index contributed by atoms with van der Waals surface area (Å²) in [5, 5.41) is 4.30. The number of rotatable bonds is 2. The maximum atomic E-state index is 5.76. The predicted molar refractivity (Wildman–Crippen MR) is 54.8 cm³/mol. The normalized spacial score (nSPS) is 11.4. The summed E-state index contributed by atoms with van der Waals surface area (Å²) in [7, 11) is 3.96. The fourth-order valence-corrected chi connectivity index (χ4v) is 1.32. The van der Waals surface area contributed by atoms with Gasteiger partial charge in [0.15, 0.2) is 11.5 Å². The van der Waals surface area contributed by atoms with Gasteiger partial charge in [-0.05, 0) is 26.2 Å². The van der Waals surface area contributed by atoms with Gasteiger partial charge in [0.25, 0.3) is 0 Å². The number of aromatic nitrogens is 3. The highest BCUT2D eigenvalue weighted by Gasteiger charge is 2.05. The quantitative estimate of drug-likeness (QED) is 0.745. The molecule has 0 unspecified atom stereocenters. The molecule has 0 saturated carbocycles. The Hall–Kier alpha value is -1.62. The van der Waals surface area contributed by atoms with Crippen molar-refractivity contribution in [1.82, 2.24) is 19.5 Å². The van der Waals surface area contributed by atoms with E-state index in [1.165, 1.54) is 0 Å². The molecule has 2 aromatic rings. The Morgan fingerprint density at radius 1 is 1.50 bits per heavy atom. The second kappa shape index (κ2) is 3.26. The summed E-state index contributed by atoms with van der Waals surface area (Å²) in [6.07, 6.45) is 1.85. The van der Waals surface area contributed by atoms with Crippen molar-refractivity contribution >= 4 is 11.3 Å². The van der Waals surface area contributed by atoms with Gasteiger partial charge in [0.1, 0.15) is 0 Å². The van der Waals surface area contributed by atoms with E-state index in [2.05, 4.69) is 10.1 Å². The van der Waals surface area contributed by atoms with Crippen LogP contribution in [0.2, 0.25) is 0 Å². The van der Waals surface area contributed by atoms with E-state index in [4.69, 9.17) is 5.73 Å². The molecule has 0 fully saturated rings. The molecular formula is C9H13N5. The Labute approximate surface area is 82.2 Å². The molecule has 74 valence electrons. The van der Waals surface area contributed by atoms with E-state index >= 15 is 0 Å². The van der Waals surface area contributed by atoms with Gasteiger partial charge in [0.05, 0.1) is 12.2 Å². The van der Waals surface area contributed by atoms with E-state index in [0.29, 0.717) is 5.69 Å². The molecule has 0 aliphatic carbocycles. The number of hydrogen-bond acceptors (Lipinski definition) is 4. The number of anilines is 1. The van der Waals surface area contributed by atoms with Crippen LogP contribution in [0.4, 0.5) is 5.69 Å². The topological polar surface area (TPSA) is 59.5 Å². The van der Waals surface area contributed by atoms with E-state index in [1.54, 1.807) is 4.52 Å². The summed E-state index contributed by atoms with van der Waals surface area (Å²) in [6.45, 7) is 0.723. The Balaban J connectivity index is 2.46. The maximum Gasteiger partial charge on any atom is 0.178 e. The first-order valence-corrected chi connectivity index (χ1v) is 4.41. The molecule has 2 aromatic heterocycles. The highest BCUT2D eigenvalue weighted by Crippen LogP contribution is 2.10. The summed E-state index contributed by atoms with van der Waals surface area (Å²) in [5.74, 6) is 0.785. The number of nitrogen functional groups attached to an aromatic ring is 1. The van der Waals surface area contributed by atoms with Crippen LogP contribution in [0.5, 0.6) is 0 Å². The van der Waals surface area contributed by atoms with Crippen molar-refractivity contribution in [1.29, 1.82) is 0 Å². The first kappa shape index (κ1) is 8.96. The Morgan fingerprint density at radius 3 is 2.93 bits per heavy atom. The van der Waals surface area contributed by atoms with E-state index in [1.807, 2.05) is 37.3 Å². The molecule has 0 spiro atoms. The molecule has 2 rings (SSSR count). The van der Waals surface area contributed by atoms with Gasteiger partial charge >= 0.3 is 0 Å². The lowest BCUT2D eigenvalue weighted by molar-refractivity contribution is 0.390. The van der Waals surface area contributed by atoms with Gasteiger partial charge in [-0.15, -0.1) is 5.10 Å². The van der Waals surface area contributed by atoms with Gasteiger partial charge in [-0.2, -0.15) is 0 Å². The molecule has 14 heavy (non-hydrogen) atoms. The number of pyridine rings is 1. The van der Waals surface area contributed by atoms with Crippen LogP contribution in [0.25, 0.3) is 5.65 Å². The van der Waals surface area contributed by atoms with Crippen LogP contribution in [0.3, 0.4) is 0 Å².